The highest BCUT2D eigenvalue weighted by atomic mass is 32.2. The first kappa shape index (κ1) is 14.8. The van der Waals surface area contributed by atoms with E-state index in [0.717, 1.165) is 0 Å². The maximum absolute atomic E-state index is 2.40. The van der Waals surface area contributed by atoms with Crippen molar-refractivity contribution in [3.05, 3.63) is 72.3 Å². The molecule has 0 bridgehead atoms. The number of hydrogen-bond donors (Lipinski definition) is 0. The molecule has 0 fully saturated rings. The molecule has 0 heterocycles. The Hall–Kier alpha value is -1.12. The van der Waals surface area contributed by atoms with Crippen molar-refractivity contribution in [2.45, 2.75) is 40.1 Å². The van der Waals surface area contributed by atoms with Crippen LogP contribution >= 0.6 is 23.5 Å². The Morgan fingerprint density at radius 1 is 0.714 bits per heavy atom. The maximum atomic E-state index is 2.40. The molecule has 1 aliphatic carbocycles. The summed E-state index contributed by atoms with van der Waals surface area (Å²) in [4.78, 5) is 2.75. The van der Waals surface area contributed by atoms with Gasteiger partial charge in [-0.25, -0.2) is 0 Å². The normalized spacial score (nSPS) is 21.4. The van der Waals surface area contributed by atoms with Crippen molar-refractivity contribution in [3.63, 3.8) is 0 Å². The van der Waals surface area contributed by atoms with Gasteiger partial charge in [0.05, 0.1) is 0 Å². The molecule has 0 saturated heterocycles. The van der Waals surface area contributed by atoms with E-state index in [9.17, 15) is 0 Å². The lowest BCUT2D eigenvalue weighted by molar-refractivity contribution is 0.752. The maximum Gasteiger partial charge on any atom is 0.0275 e. The summed E-state index contributed by atoms with van der Waals surface area (Å²) in [7, 11) is 0. The summed E-state index contributed by atoms with van der Waals surface area (Å²) < 4.78 is 0. The van der Waals surface area contributed by atoms with Crippen molar-refractivity contribution < 1.29 is 0 Å². The molecule has 0 spiro atoms. The molecule has 108 valence electrons. The van der Waals surface area contributed by atoms with Crippen LogP contribution in [0.5, 0.6) is 0 Å². The van der Waals surface area contributed by atoms with Gasteiger partial charge in [-0.05, 0) is 44.0 Å². The first-order chi connectivity index (χ1) is 10.3. The predicted octanol–water partition coefficient (Wildman–Crippen LogP) is 5.97. The lowest BCUT2D eigenvalue weighted by atomic mass is 10.1. The van der Waals surface area contributed by atoms with Gasteiger partial charge in [-0.3, -0.25) is 0 Å². The van der Waals surface area contributed by atoms with Crippen LogP contribution in [0.2, 0.25) is 0 Å². The minimum Gasteiger partial charge on any atom is -0.119 e. The molecule has 2 unspecified atom stereocenters. The average molecular weight is 313 g/mol. The van der Waals surface area contributed by atoms with Crippen LogP contribution in [-0.4, -0.2) is 10.5 Å². The van der Waals surface area contributed by atoms with Gasteiger partial charge < -0.3 is 0 Å². The van der Waals surface area contributed by atoms with Crippen LogP contribution in [0.25, 0.3) is 0 Å². The second kappa shape index (κ2) is 7.24. The summed E-state index contributed by atoms with van der Waals surface area (Å²) in [5.41, 5.74) is 1.33. The minimum absolute atomic E-state index is 0.625. The first-order valence-electron chi connectivity index (χ1n) is 7.43. The molecular formula is C19H20S2. The zero-order valence-electron chi connectivity index (χ0n) is 12.2. The molecule has 1 aliphatic rings. The molecule has 2 aromatic carbocycles. The Balaban J connectivity index is 1.55. The standard InChI is InChI=1S/C19H20S2/c1-15-7-9-17(10-8-15)21-19-13-11-18(12-14-19)20-16-5-3-2-4-6-16/h2-11,13,18-19H,12,14H2,1H3. The predicted molar refractivity (Wildman–Crippen MR) is 95.3 cm³/mol. The summed E-state index contributed by atoms with van der Waals surface area (Å²) in [6.07, 6.45) is 7.32. The van der Waals surface area contributed by atoms with Crippen LogP contribution in [-0.2, 0) is 0 Å². The molecule has 0 radical (unpaired) electrons. The van der Waals surface area contributed by atoms with Gasteiger partial charge in [-0.2, -0.15) is 0 Å². The topological polar surface area (TPSA) is 0 Å². The van der Waals surface area contributed by atoms with Gasteiger partial charge >= 0.3 is 0 Å². The van der Waals surface area contributed by atoms with Crippen molar-refractivity contribution >= 4 is 23.5 Å². The number of hydrogen-bond acceptors (Lipinski definition) is 2. The van der Waals surface area contributed by atoms with Gasteiger partial charge in [0, 0.05) is 20.3 Å². The molecule has 2 aromatic rings. The van der Waals surface area contributed by atoms with Crippen LogP contribution in [0.3, 0.4) is 0 Å². The molecule has 2 atom stereocenters. The van der Waals surface area contributed by atoms with Crippen molar-refractivity contribution in [3.8, 4) is 0 Å². The smallest absolute Gasteiger partial charge is 0.0275 e. The van der Waals surface area contributed by atoms with Gasteiger partial charge in [0.25, 0.3) is 0 Å². The van der Waals surface area contributed by atoms with E-state index in [1.54, 1.807) is 0 Å². The third-order valence-electron chi connectivity index (χ3n) is 3.62. The molecule has 3 rings (SSSR count). The van der Waals surface area contributed by atoms with Crippen LogP contribution in [0.1, 0.15) is 18.4 Å². The zero-order chi connectivity index (χ0) is 14.5. The fourth-order valence-corrected chi connectivity index (χ4v) is 4.58. The van der Waals surface area contributed by atoms with E-state index in [0.29, 0.717) is 10.5 Å². The van der Waals surface area contributed by atoms with Crippen LogP contribution in [0.4, 0.5) is 0 Å². The highest BCUT2D eigenvalue weighted by molar-refractivity contribution is 8.00. The second-order valence-corrected chi connectivity index (χ2v) is 8.03. The Morgan fingerprint density at radius 3 is 1.76 bits per heavy atom. The van der Waals surface area contributed by atoms with Gasteiger partial charge in [-0.15, -0.1) is 23.5 Å². The van der Waals surface area contributed by atoms with Crippen molar-refractivity contribution in [1.29, 1.82) is 0 Å². The highest BCUT2D eigenvalue weighted by Crippen LogP contribution is 2.35. The molecule has 0 aliphatic heterocycles. The molecule has 0 nitrogen and oxygen atoms in total. The third kappa shape index (κ3) is 4.42. The van der Waals surface area contributed by atoms with Crippen LogP contribution in [0, 0.1) is 6.92 Å². The Morgan fingerprint density at radius 2 is 1.24 bits per heavy atom. The lowest BCUT2D eigenvalue weighted by Gasteiger charge is -2.22. The highest BCUT2D eigenvalue weighted by Gasteiger charge is 2.17. The molecule has 2 heteroatoms. The van der Waals surface area contributed by atoms with Gasteiger partial charge in [-0.1, -0.05) is 48.0 Å². The summed E-state index contributed by atoms with van der Waals surface area (Å²) in [5.74, 6) is 0. The van der Waals surface area contributed by atoms with E-state index < -0.39 is 0 Å². The van der Waals surface area contributed by atoms with Crippen molar-refractivity contribution in [2.24, 2.45) is 0 Å². The van der Waals surface area contributed by atoms with Crippen molar-refractivity contribution in [2.75, 3.05) is 0 Å². The summed E-state index contributed by atoms with van der Waals surface area (Å²) in [6.45, 7) is 2.14. The Kier molecular flexibility index (Phi) is 5.10. The zero-order valence-corrected chi connectivity index (χ0v) is 13.9. The molecular weight excluding hydrogens is 292 g/mol. The third-order valence-corrected chi connectivity index (χ3v) is 6.10. The minimum atomic E-state index is 0.625. The molecule has 0 aromatic heterocycles. The van der Waals surface area contributed by atoms with E-state index in [-0.39, 0.29) is 0 Å². The summed E-state index contributed by atoms with van der Waals surface area (Å²) >= 11 is 3.96. The number of benzene rings is 2. The van der Waals surface area contributed by atoms with Gasteiger partial charge in [0.2, 0.25) is 0 Å². The van der Waals surface area contributed by atoms with E-state index >= 15 is 0 Å². The van der Waals surface area contributed by atoms with E-state index in [1.807, 2.05) is 23.5 Å². The van der Waals surface area contributed by atoms with E-state index in [4.69, 9.17) is 0 Å². The summed E-state index contributed by atoms with van der Waals surface area (Å²) in [6, 6.07) is 19.6. The van der Waals surface area contributed by atoms with Gasteiger partial charge in [0.1, 0.15) is 0 Å². The monoisotopic (exact) mass is 312 g/mol. The largest absolute Gasteiger partial charge is 0.119 e. The quantitative estimate of drug-likeness (QED) is 0.638. The van der Waals surface area contributed by atoms with Gasteiger partial charge in [0.15, 0.2) is 0 Å². The molecule has 0 saturated carbocycles. The SMILES string of the molecule is Cc1ccc(SC2C=CC(Sc3ccccc3)CC2)cc1. The van der Waals surface area contributed by atoms with Crippen LogP contribution < -0.4 is 0 Å². The lowest BCUT2D eigenvalue weighted by Crippen LogP contribution is -2.11. The fraction of sp³-hybridized carbons (Fsp3) is 0.263. The molecule has 21 heavy (non-hydrogen) atoms. The summed E-state index contributed by atoms with van der Waals surface area (Å²) in [5, 5.41) is 1.25. The molecule has 0 amide bonds. The first-order valence-corrected chi connectivity index (χ1v) is 9.19. The van der Waals surface area contributed by atoms with Crippen molar-refractivity contribution in [1.82, 2.24) is 0 Å². The van der Waals surface area contributed by atoms with E-state index in [2.05, 4.69) is 73.7 Å². The van der Waals surface area contributed by atoms with E-state index in [1.165, 1.54) is 28.2 Å². The average Bonchev–Trinajstić information content (AvgIpc) is 2.53. The molecule has 0 N–H and O–H groups in total. The Labute approximate surface area is 136 Å². The van der Waals surface area contributed by atoms with Crippen LogP contribution in [0.15, 0.2) is 76.5 Å². The second-order valence-electron chi connectivity index (χ2n) is 5.40. The fourth-order valence-electron chi connectivity index (χ4n) is 2.43. The number of aryl methyl sites for hydroxylation is 1. The number of rotatable bonds is 4. The number of thioether (sulfide) groups is 2. The Bertz CT molecular complexity index is 587.